The first-order valence-electron chi connectivity index (χ1n) is 11.2. The smallest absolute Gasteiger partial charge is 0.417 e. The van der Waals surface area contributed by atoms with E-state index in [0.717, 1.165) is 12.1 Å². The number of anilines is 1. The summed E-state index contributed by atoms with van der Waals surface area (Å²) in [5.41, 5.74) is -0.741. The topological polar surface area (TPSA) is 111 Å². The lowest BCUT2D eigenvalue weighted by Gasteiger charge is -2.20. The zero-order valence-electron chi connectivity index (χ0n) is 20.3. The van der Waals surface area contributed by atoms with E-state index in [9.17, 15) is 13.2 Å². The van der Waals surface area contributed by atoms with Crippen LogP contribution in [0.4, 0.5) is 27.6 Å². The van der Waals surface area contributed by atoms with Crippen LogP contribution in [0.25, 0.3) is 16.9 Å². The molecule has 1 aromatic carbocycles. The molecule has 5 rings (SSSR count). The van der Waals surface area contributed by atoms with Crippen molar-refractivity contribution in [1.82, 2.24) is 24.6 Å². The summed E-state index contributed by atoms with van der Waals surface area (Å²) in [6.45, 7) is -1.18. The van der Waals surface area contributed by atoms with E-state index in [2.05, 4.69) is 20.1 Å². The number of fused-ring (bicyclic) bond motifs is 1. The highest BCUT2D eigenvalue weighted by Crippen LogP contribution is 2.39. The lowest BCUT2D eigenvalue weighted by molar-refractivity contribution is -0.138. The van der Waals surface area contributed by atoms with Gasteiger partial charge in [0.1, 0.15) is 11.4 Å². The van der Waals surface area contributed by atoms with Crippen LogP contribution in [0.5, 0.6) is 17.6 Å². The van der Waals surface area contributed by atoms with Gasteiger partial charge in [-0.05, 0) is 24.3 Å². The number of hydrogen-bond donors (Lipinski definition) is 0. The number of rotatable bonds is 6. The maximum absolute atomic E-state index is 15.1. The molecule has 0 bridgehead atoms. The van der Waals surface area contributed by atoms with Crippen molar-refractivity contribution in [2.45, 2.75) is 18.2 Å². The fraction of sp³-hybridized carbons (Fsp3) is 0.292. The molecular formula is C24H18F5N7O3. The second-order valence-corrected chi connectivity index (χ2v) is 8.45. The van der Waals surface area contributed by atoms with Crippen molar-refractivity contribution in [3.63, 3.8) is 0 Å². The summed E-state index contributed by atoms with van der Waals surface area (Å²) in [4.78, 5) is 13.7. The summed E-state index contributed by atoms with van der Waals surface area (Å²) in [6, 6.07) is 5.49. The minimum Gasteiger partial charge on any atom is -0.482 e. The van der Waals surface area contributed by atoms with Crippen molar-refractivity contribution in [3.8, 4) is 35.0 Å². The zero-order chi connectivity index (χ0) is 27.9. The Bertz CT molecular complexity index is 1580. The van der Waals surface area contributed by atoms with Crippen molar-refractivity contribution >= 4 is 11.3 Å². The van der Waals surface area contributed by atoms with Gasteiger partial charge < -0.3 is 19.1 Å². The molecule has 1 aliphatic heterocycles. The van der Waals surface area contributed by atoms with Crippen LogP contribution in [0.1, 0.15) is 11.1 Å². The first-order chi connectivity index (χ1) is 18.5. The molecule has 39 heavy (non-hydrogen) atoms. The molecule has 202 valence electrons. The summed E-state index contributed by atoms with van der Waals surface area (Å²) < 4.78 is 87.4. The Labute approximate surface area is 217 Å². The number of aromatic nitrogens is 5. The van der Waals surface area contributed by atoms with Crippen LogP contribution < -0.4 is 19.1 Å². The Morgan fingerprint density at radius 2 is 1.92 bits per heavy atom. The van der Waals surface area contributed by atoms with E-state index in [1.165, 1.54) is 54.4 Å². The second-order valence-electron chi connectivity index (χ2n) is 8.45. The van der Waals surface area contributed by atoms with E-state index in [1.54, 1.807) is 0 Å². The van der Waals surface area contributed by atoms with Crippen molar-refractivity contribution in [3.05, 3.63) is 54.0 Å². The normalized spacial score (nSPS) is 16.8. The number of nitrogens with zero attached hydrogens (tertiary/aromatic N) is 7. The number of benzene rings is 1. The molecule has 0 aliphatic carbocycles. The molecule has 0 amide bonds. The van der Waals surface area contributed by atoms with Crippen LogP contribution in [0, 0.1) is 11.3 Å². The third kappa shape index (κ3) is 4.80. The Balaban J connectivity index is 1.50. The molecule has 0 unspecified atom stereocenters. The fourth-order valence-electron chi connectivity index (χ4n) is 4.20. The number of alkyl halides is 5. The summed E-state index contributed by atoms with van der Waals surface area (Å²) >= 11 is 0. The molecule has 4 heterocycles. The summed E-state index contributed by atoms with van der Waals surface area (Å²) in [6.07, 6.45) is -2.28. The average molecular weight is 547 g/mol. The molecule has 4 aromatic rings. The van der Waals surface area contributed by atoms with E-state index >= 15 is 8.78 Å². The Morgan fingerprint density at radius 1 is 1.13 bits per heavy atom. The van der Waals surface area contributed by atoms with E-state index in [-0.39, 0.29) is 35.5 Å². The minimum atomic E-state index is -4.86. The second kappa shape index (κ2) is 9.53. The first-order valence-corrected chi connectivity index (χ1v) is 11.2. The molecular weight excluding hydrogens is 529 g/mol. The number of halogens is 5. The SMILES string of the molecule is COc1ncc(-c2cc(N3C[C@H](Oc4ccc(C#N)c(C(F)(F)F)c4)C(F)(F)C3)c3nccn3n2)c(OC)n1. The van der Waals surface area contributed by atoms with Crippen LogP contribution in [0.3, 0.4) is 0 Å². The van der Waals surface area contributed by atoms with E-state index in [4.69, 9.17) is 19.5 Å². The highest BCUT2D eigenvalue weighted by molar-refractivity contribution is 5.76. The maximum Gasteiger partial charge on any atom is 0.417 e. The van der Waals surface area contributed by atoms with E-state index in [1.807, 2.05) is 0 Å². The molecule has 0 spiro atoms. The standard InChI is InChI=1S/C24H18F5N7O3/c1-37-21-15(10-32-22(33-21)38-2)17-8-18(20-31-5-6-36(20)34-17)35-11-19(23(25,26)12-35)39-14-4-3-13(9-30)16(7-14)24(27,28)29/h3-8,10,19H,11-12H2,1-2H3/t19-/m0/s1. The molecule has 0 radical (unpaired) electrons. The van der Waals surface area contributed by atoms with Crippen molar-refractivity contribution in [1.29, 1.82) is 5.26 Å². The molecule has 15 heteroatoms. The molecule has 1 fully saturated rings. The molecule has 10 nitrogen and oxygen atoms in total. The predicted octanol–water partition coefficient (Wildman–Crippen LogP) is 4.00. The van der Waals surface area contributed by atoms with Crippen molar-refractivity contribution in [2.75, 3.05) is 32.2 Å². The summed E-state index contributed by atoms with van der Waals surface area (Å²) in [5.74, 6) is -3.75. The Morgan fingerprint density at radius 3 is 2.62 bits per heavy atom. The molecule has 3 aromatic heterocycles. The van der Waals surface area contributed by atoms with Gasteiger partial charge in [-0.1, -0.05) is 0 Å². The van der Waals surface area contributed by atoms with Gasteiger partial charge >= 0.3 is 18.1 Å². The van der Waals surface area contributed by atoms with Gasteiger partial charge in [0.2, 0.25) is 5.88 Å². The van der Waals surface area contributed by atoms with Gasteiger partial charge in [-0.25, -0.2) is 23.3 Å². The van der Waals surface area contributed by atoms with Crippen LogP contribution in [-0.2, 0) is 6.18 Å². The van der Waals surface area contributed by atoms with Crippen LogP contribution in [-0.4, -0.2) is 63.9 Å². The third-order valence-corrected chi connectivity index (χ3v) is 6.02. The largest absolute Gasteiger partial charge is 0.482 e. The van der Waals surface area contributed by atoms with Gasteiger partial charge in [0.25, 0.3) is 0 Å². The fourth-order valence-corrected chi connectivity index (χ4v) is 4.20. The Kier molecular flexibility index (Phi) is 6.33. The van der Waals surface area contributed by atoms with Gasteiger partial charge in [-0.2, -0.15) is 28.5 Å². The average Bonchev–Trinajstić information content (AvgIpc) is 3.50. The molecule has 1 saturated heterocycles. The van der Waals surface area contributed by atoms with Crippen LogP contribution >= 0.6 is 0 Å². The summed E-state index contributed by atoms with van der Waals surface area (Å²) in [5, 5.41) is 13.4. The Hall–Kier alpha value is -4.74. The number of imidazole rings is 1. The number of ether oxygens (including phenoxy) is 3. The first kappa shape index (κ1) is 25.9. The monoisotopic (exact) mass is 547 g/mol. The minimum absolute atomic E-state index is 0.0511. The van der Waals surface area contributed by atoms with Gasteiger partial charge in [0.05, 0.1) is 55.8 Å². The third-order valence-electron chi connectivity index (χ3n) is 6.02. The number of hydrogen-bond acceptors (Lipinski definition) is 9. The zero-order valence-corrected chi connectivity index (χ0v) is 20.3. The highest BCUT2D eigenvalue weighted by Gasteiger charge is 2.51. The lowest BCUT2D eigenvalue weighted by atomic mass is 10.1. The number of methoxy groups -OCH3 is 2. The van der Waals surface area contributed by atoms with Gasteiger partial charge in [0.15, 0.2) is 11.8 Å². The van der Waals surface area contributed by atoms with Crippen molar-refractivity contribution in [2.24, 2.45) is 0 Å². The summed E-state index contributed by atoms with van der Waals surface area (Å²) in [7, 11) is 2.77. The highest BCUT2D eigenvalue weighted by atomic mass is 19.4. The molecule has 1 atom stereocenters. The quantitative estimate of drug-likeness (QED) is 0.331. The van der Waals surface area contributed by atoms with E-state index in [0.29, 0.717) is 11.6 Å². The van der Waals surface area contributed by atoms with Crippen molar-refractivity contribution < 1.29 is 36.2 Å². The van der Waals surface area contributed by atoms with Gasteiger partial charge in [-0.3, -0.25) is 0 Å². The van der Waals surface area contributed by atoms with Gasteiger partial charge in [0, 0.05) is 18.6 Å². The molecule has 1 aliphatic rings. The van der Waals surface area contributed by atoms with Crippen LogP contribution in [0.15, 0.2) is 42.9 Å². The van der Waals surface area contributed by atoms with Crippen LogP contribution in [0.2, 0.25) is 0 Å². The van der Waals surface area contributed by atoms with E-state index < -0.39 is 41.6 Å². The maximum atomic E-state index is 15.1. The number of nitriles is 1. The predicted molar refractivity (Wildman–Crippen MR) is 125 cm³/mol. The lowest BCUT2D eigenvalue weighted by Crippen LogP contribution is -2.36. The van der Waals surface area contributed by atoms with Gasteiger partial charge in [-0.15, -0.1) is 0 Å². The molecule has 0 N–H and O–H groups in total. The molecule has 0 saturated carbocycles.